The lowest BCUT2D eigenvalue weighted by Crippen LogP contribution is -2.32. The van der Waals surface area contributed by atoms with Crippen molar-refractivity contribution >= 4 is 0 Å². The fourth-order valence-electron chi connectivity index (χ4n) is 2.46. The van der Waals surface area contributed by atoms with Crippen LogP contribution in [0.1, 0.15) is 39.4 Å². The largest absolute Gasteiger partial charge is 0.387 e. The van der Waals surface area contributed by atoms with Crippen LogP contribution in [-0.2, 0) is 0 Å². The number of hydrogen-bond acceptors (Lipinski definition) is 2. The molecule has 108 valence electrons. The van der Waals surface area contributed by atoms with Gasteiger partial charge in [-0.1, -0.05) is 39.8 Å². The molecule has 0 heterocycles. The van der Waals surface area contributed by atoms with Gasteiger partial charge in [-0.15, -0.1) is 0 Å². The van der Waals surface area contributed by atoms with Crippen molar-refractivity contribution in [1.29, 1.82) is 0 Å². The van der Waals surface area contributed by atoms with Gasteiger partial charge in [0.2, 0.25) is 0 Å². The molecule has 1 rings (SSSR count). The van der Waals surface area contributed by atoms with Gasteiger partial charge in [0.15, 0.2) is 0 Å². The predicted octanol–water partition coefficient (Wildman–Crippen LogP) is 3.38. The van der Waals surface area contributed by atoms with Gasteiger partial charge < -0.3 is 10.4 Å². The summed E-state index contributed by atoms with van der Waals surface area (Å²) in [6.07, 6.45) is -0.657. The quantitative estimate of drug-likeness (QED) is 0.794. The third-order valence-electron chi connectivity index (χ3n) is 3.66. The first-order valence-corrected chi connectivity index (χ1v) is 7.06. The Morgan fingerprint density at radius 3 is 2.26 bits per heavy atom. The van der Waals surface area contributed by atoms with Crippen molar-refractivity contribution in [2.75, 3.05) is 13.1 Å². The van der Waals surface area contributed by atoms with Gasteiger partial charge in [0.1, 0.15) is 5.82 Å². The first kappa shape index (κ1) is 16.1. The van der Waals surface area contributed by atoms with Crippen LogP contribution in [0.3, 0.4) is 0 Å². The molecule has 0 aliphatic carbocycles. The Morgan fingerprint density at radius 2 is 1.74 bits per heavy atom. The van der Waals surface area contributed by atoms with E-state index in [9.17, 15) is 9.50 Å². The lowest BCUT2D eigenvalue weighted by molar-refractivity contribution is 0.166. The van der Waals surface area contributed by atoms with Gasteiger partial charge in [0.25, 0.3) is 0 Å². The van der Waals surface area contributed by atoms with Crippen molar-refractivity contribution in [3.05, 3.63) is 35.6 Å². The molecule has 0 amide bonds. The zero-order valence-corrected chi connectivity index (χ0v) is 12.4. The normalized spacial score (nSPS) is 13.5. The number of benzene rings is 1. The van der Waals surface area contributed by atoms with Gasteiger partial charge >= 0.3 is 0 Å². The average molecular weight is 267 g/mol. The molecule has 0 aliphatic heterocycles. The molecule has 2 nitrogen and oxygen atoms in total. The van der Waals surface area contributed by atoms with E-state index in [0.717, 1.165) is 6.54 Å². The third-order valence-corrected chi connectivity index (χ3v) is 3.66. The van der Waals surface area contributed by atoms with E-state index in [1.807, 2.05) is 0 Å². The Balaban J connectivity index is 2.44. The predicted molar refractivity (Wildman–Crippen MR) is 77.4 cm³/mol. The van der Waals surface area contributed by atoms with Crippen LogP contribution < -0.4 is 5.32 Å². The van der Waals surface area contributed by atoms with E-state index in [-0.39, 0.29) is 5.82 Å². The van der Waals surface area contributed by atoms with Gasteiger partial charge in [-0.05, 0) is 42.0 Å². The number of halogens is 1. The maximum atomic E-state index is 13.1. The van der Waals surface area contributed by atoms with E-state index >= 15 is 0 Å². The van der Waals surface area contributed by atoms with Crippen LogP contribution in [0.15, 0.2) is 24.3 Å². The van der Waals surface area contributed by atoms with Crippen molar-refractivity contribution in [2.45, 2.75) is 33.8 Å². The molecule has 3 heteroatoms. The number of hydrogen-bond donors (Lipinski definition) is 2. The van der Waals surface area contributed by atoms with Crippen LogP contribution in [0.2, 0.25) is 0 Å². The molecule has 0 radical (unpaired) electrons. The Labute approximate surface area is 116 Å². The van der Waals surface area contributed by atoms with E-state index in [2.05, 4.69) is 33.0 Å². The summed E-state index contributed by atoms with van der Waals surface area (Å²) in [6.45, 7) is 10.2. The smallest absolute Gasteiger partial charge is 0.123 e. The summed E-state index contributed by atoms with van der Waals surface area (Å²) >= 11 is 0. The van der Waals surface area contributed by atoms with E-state index in [1.54, 1.807) is 12.1 Å². The van der Waals surface area contributed by atoms with Crippen molar-refractivity contribution in [2.24, 2.45) is 17.8 Å². The van der Waals surface area contributed by atoms with Crippen LogP contribution in [-0.4, -0.2) is 18.2 Å². The standard InChI is InChI=1S/C16H26FNO/c1-11(2)15(12(3)4)9-18-10-16(19)13-6-5-7-14(17)8-13/h5-8,11-12,15-16,18-19H,9-10H2,1-4H3. The molecule has 0 saturated heterocycles. The minimum atomic E-state index is -0.657. The summed E-state index contributed by atoms with van der Waals surface area (Å²) in [5, 5.41) is 13.3. The average Bonchev–Trinajstić information content (AvgIpc) is 2.33. The molecule has 0 fully saturated rings. The lowest BCUT2D eigenvalue weighted by Gasteiger charge is -2.25. The topological polar surface area (TPSA) is 32.3 Å². The van der Waals surface area contributed by atoms with Crippen molar-refractivity contribution < 1.29 is 9.50 Å². The number of aliphatic hydroxyl groups excluding tert-OH is 1. The van der Waals surface area contributed by atoms with E-state index in [1.165, 1.54) is 12.1 Å². The molecular weight excluding hydrogens is 241 g/mol. The highest BCUT2D eigenvalue weighted by molar-refractivity contribution is 5.18. The maximum Gasteiger partial charge on any atom is 0.123 e. The number of nitrogens with one attached hydrogen (secondary N) is 1. The third kappa shape index (κ3) is 5.29. The van der Waals surface area contributed by atoms with Crippen LogP contribution in [0.4, 0.5) is 4.39 Å². The molecule has 19 heavy (non-hydrogen) atoms. The molecule has 0 bridgehead atoms. The molecule has 1 aromatic rings. The molecule has 0 spiro atoms. The second-order valence-electron chi connectivity index (χ2n) is 5.88. The SMILES string of the molecule is CC(C)C(CNCC(O)c1cccc(F)c1)C(C)C. The van der Waals surface area contributed by atoms with E-state index in [0.29, 0.717) is 29.9 Å². The Kier molecular flexibility index (Phi) is 6.46. The Bertz CT molecular complexity index is 371. The van der Waals surface area contributed by atoms with Gasteiger partial charge in [0.05, 0.1) is 6.10 Å². The first-order valence-electron chi connectivity index (χ1n) is 7.06. The van der Waals surface area contributed by atoms with Gasteiger partial charge in [0, 0.05) is 6.54 Å². The van der Waals surface area contributed by atoms with Gasteiger partial charge in [-0.25, -0.2) is 4.39 Å². The summed E-state index contributed by atoms with van der Waals surface area (Å²) in [5.41, 5.74) is 0.623. The highest BCUT2D eigenvalue weighted by Gasteiger charge is 2.17. The highest BCUT2D eigenvalue weighted by atomic mass is 19.1. The number of rotatable bonds is 7. The van der Waals surface area contributed by atoms with Crippen LogP contribution >= 0.6 is 0 Å². The Hall–Kier alpha value is -0.930. The summed E-state index contributed by atoms with van der Waals surface area (Å²) < 4.78 is 13.1. The van der Waals surface area contributed by atoms with Gasteiger partial charge in [-0.2, -0.15) is 0 Å². The second kappa shape index (κ2) is 7.61. The number of aliphatic hydroxyl groups is 1. The van der Waals surface area contributed by atoms with Crippen LogP contribution in [0.25, 0.3) is 0 Å². The van der Waals surface area contributed by atoms with Crippen molar-refractivity contribution in [1.82, 2.24) is 5.32 Å². The van der Waals surface area contributed by atoms with Crippen molar-refractivity contribution in [3.8, 4) is 0 Å². The minimum absolute atomic E-state index is 0.307. The molecular formula is C16H26FNO. The lowest BCUT2D eigenvalue weighted by atomic mass is 9.85. The first-order chi connectivity index (χ1) is 8.91. The van der Waals surface area contributed by atoms with Crippen LogP contribution in [0.5, 0.6) is 0 Å². The molecule has 2 N–H and O–H groups in total. The minimum Gasteiger partial charge on any atom is -0.387 e. The summed E-state index contributed by atoms with van der Waals surface area (Å²) in [6, 6.07) is 6.14. The zero-order chi connectivity index (χ0) is 14.4. The molecule has 0 saturated carbocycles. The maximum absolute atomic E-state index is 13.1. The van der Waals surface area contributed by atoms with E-state index < -0.39 is 6.10 Å². The Morgan fingerprint density at radius 1 is 1.11 bits per heavy atom. The molecule has 1 atom stereocenters. The summed E-state index contributed by atoms with van der Waals surface area (Å²) in [5.74, 6) is 1.50. The highest BCUT2D eigenvalue weighted by Crippen LogP contribution is 2.20. The summed E-state index contributed by atoms with van der Waals surface area (Å²) in [7, 11) is 0. The fraction of sp³-hybridized carbons (Fsp3) is 0.625. The van der Waals surface area contributed by atoms with E-state index in [4.69, 9.17) is 0 Å². The molecule has 1 aromatic carbocycles. The van der Waals surface area contributed by atoms with Crippen LogP contribution in [0, 0.1) is 23.6 Å². The van der Waals surface area contributed by atoms with Crippen molar-refractivity contribution in [3.63, 3.8) is 0 Å². The second-order valence-corrected chi connectivity index (χ2v) is 5.88. The van der Waals surface area contributed by atoms with Gasteiger partial charge in [-0.3, -0.25) is 0 Å². The molecule has 1 unspecified atom stereocenters. The summed E-state index contributed by atoms with van der Waals surface area (Å²) in [4.78, 5) is 0. The molecule has 0 aliphatic rings. The molecule has 0 aromatic heterocycles. The fourth-order valence-corrected chi connectivity index (χ4v) is 2.46. The zero-order valence-electron chi connectivity index (χ0n) is 12.4. The monoisotopic (exact) mass is 267 g/mol.